The Balaban J connectivity index is 1.35. The summed E-state index contributed by atoms with van der Waals surface area (Å²) in [6.07, 6.45) is -4.79. The van der Waals surface area contributed by atoms with E-state index in [2.05, 4.69) is 5.32 Å². The van der Waals surface area contributed by atoms with Crippen molar-refractivity contribution >= 4 is 24.0 Å². The van der Waals surface area contributed by atoms with Gasteiger partial charge in [0.2, 0.25) is 12.1 Å². The lowest BCUT2D eigenvalue weighted by Crippen LogP contribution is -2.79. The van der Waals surface area contributed by atoms with Crippen LogP contribution in [0.15, 0.2) is 60.7 Å². The summed E-state index contributed by atoms with van der Waals surface area (Å²) in [4.78, 5) is 60.4. The van der Waals surface area contributed by atoms with E-state index in [9.17, 15) is 19.2 Å². The Kier molecular flexibility index (Phi) is 7.50. The van der Waals surface area contributed by atoms with Crippen molar-refractivity contribution in [2.45, 2.75) is 95.6 Å². The van der Waals surface area contributed by atoms with E-state index < -0.39 is 72.0 Å². The van der Waals surface area contributed by atoms with Crippen molar-refractivity contribution in [2.24, 2.45) is 0 Å². The molecule has 0 aliphatic carbocycles. The number of nitrogens with zero attached hydrogens (tertiary/aromatic N) is 3. The van der Waals surface area contributed by atoms with Gasteiger partial charge in [0.1, 0.15) is 42.5 Å². The summed E-state index contributed by atoms with van der Waals surface area (Å²) in [5, 5.41) is 6.03. The summed E-state index contributed by atoms with van der Waals surface area (Å²) in [7, 11) is 0. The number of hydroxylamine groups is 2. The molecule has 5 aliphatic rings. The highest BCUT2D eigenvalue weighted by Crippen LogP contribution is 2.48. The number of β-lactam (4-membered cyclic amide) rings is 1. The lowest BCUT2D eigenvalue weighted by molar-refractivity contribution is -0.290. The zero-order valence-corrected chi connectivity index (χ0v) is 25.2. The topological polar surface area (TPSA) is 136 Å². The van der Waals surface area contributed by atoms with E-state index in [4.69, 9.17) is 23.8 Å². The van der Waals surface area contributed by atoms with Gasteiger partial charge in [-0.05, 0) is 45.7 Å². The monoisotopic (exact) mass is 608 g/mol. The van der Waals surface area contributed by atoms with Crippen LogP contribution in [0.25, 0.3) is 0 Å². The number of carbonyl (C=O) groups is 4. The van der Waals surface area contributed by atoms with E-state index >= 15 is 0 Å². The van der Waals surface area contributed by atoms with Gasteiger partial charge in [-0.1, -0.05) is 60.7 Å². The first-order chi connectivity index (χ1) is 20.8. The van der Waals surface area contributed by atoms with E-state index in [1.807, 2.05) is 48.5 Å². The second kappa shape index (κ2) is 11.1. The number of nitrogens with one attached hydrogen (secondary N) is 1. The van der Waals surface area contributed by atoms with Gasteiger partial charge in [-0.3, -0.25) is 9.59 Å². The molecule has 6 unspecified atom stereocenters. The summed E-state index contributed by atoms with van der Waals surface area (Å²) in [6, 6.07) is 15.1. The van der Waals surface area contributed by atoms with Crippen LogP contribution in [0.4, 0.5) is 9.59 Å². The van der Waals surface area contributed by atoms with Crippen molar-refractivity contribution in [1.29, 1.82) is 0 Å². The Morgan fingerprint density at radius 1 is 0.886 bits per heavy atom. The highest BCUT2D eigenvalue weighted by molar-refractivity contribution is 5.95. The molecule has 5 aliphatic heterocycles. The maximum absolute atomic E-state index is 13.8. The number of rotatable bonds is 5. The number of carbonyl (C=O) groups excluding carboxylic acids is 4. The number of hydrogen-bond donors (Lipinski definition) is 1. The van der Waals surface area contributed by atoms with Crippen LogP contribution in [0.2, 0.25) is 0 Å². The van der Waals surface area contributed by atoms with Crippen LogP contribution >= 0.6 is 0 Å². The number of fused-ring (bicyclic) bond motifs is 1. The van der Waals surface area contributed by atoms with Gasteiger partial charge in [0.25, 0.3) is 5.91 Å². The zero-order chi connectivity index (χ0) is 31.4. The van der Waals surface area contributed by atoms with Crippen LogP contribution in [0, 0.1) is 0 Å². The average molecular weight is 609 g/mol. The smallest absolute Gasteiger partial charge is 0.434 e. The molecule has 5 saturated heterocycles. The molecule has 2 aromatic carbocycles. The van der Waals surface area contributed by atoms with Crippen LogP contribution in [-0.2, 0) is 46.4 Å². The molecule has 0 saturated carbocycles. The van der Waals surface area contributed by atoms with Crippen LogP contribution in [0.3, 0.4) is 0 Å². The first-order valence-electron chi connectivity index (χ1n) is 14.5. The minimum atomic E-state index is -1.33. The van der Waals surface area contributed by atoms with Crippen LogP contribution < -0.4 is 5.32 Å². The second-order valence-electron chi connectivity index (χ2n) is 12.6. The molecule has 13 heteroatoms. The molecule has 5 fully saturated rings. The molecule has 0 aromatic heterocycles. The molecule has 5 heterocycles. The fourth-order valence-electron chi connectivity index (χ4n) is 6.01. The number of hydrazine groups is 1. The van der Waals surface area contributed by atoms with Gasteiger partial charge in [-0.2, -0.15) is 10.1 Å². The van der Waals surface area contributed by atoms with Gasteiger partial charge in [0, 0.05) is 0 Å². The van der Waals surface area contributed by atoms with Gasteiger partial charge in [-0.25, -0.2) is 19.4 Å². The van der Waals surface area contributed by atoms with Gasteiger partial charge in [0.05, 0.1) is 6.42 Å². The summed E-state index contributed by atoms with van der Waals surface area (Å²) >= 11 is 0. The standard InChI is InChI=1S/C31H36N4O9/c1-30(2,3)43-28(38)34-27-25-24(41-31(4,5)42-25)23(35(44-27)29(39)40-17-19-14-10-7-11-15-19)22-21(26(37)33(22)34)32-20(36)16-18-12-8-6-9-13-18/h6-15,21-25,27H,16-17H2,1-5H3,(H,32,36). The van der Waals surface area contributed by atoms with Crippen molar-refractivity contribution < 1.29 is 43.0 Å². The predicted molar refractivity (Wildman–Crippen MR) is 152 cm³/mol. The highest BCUT2D eigenvalue weighted by Gasteiger charge is 2.72. The molecule has 2 bridgehead atoms. The fraction of sp³-hybridized carbons (Fsp3) is 0.484. The SMILES string of the molecule is CC(C)(C)OC(=O)N1C2ON(C(=O)OCc3ccccc3)C(C3OC(C)(C)OC32)C2C(NC(=O)Cc3ccccc3)C(=O)N21. The summed E-state index contributed by atoms with van der Waals surface area (Å²) < 4.78 is 23.8. The molecule has 2 aromatic rings. The van der Waals surface area contributed by atoms with Gasteiger partial charge < -0.3 is 24.3 Å². The molecule has 0 radical (unpaired) electrons. The lowest BCUT2D eigenvalue weighted by atomic mass is 9.85. The molecule has 4 amide bonds. The third-order valence-corrected chi connectivity index (χ3v) is 7.70. The van der Waals surface area contributed by atoms with Crippen LogP contribution in [0.1, 0.15) is 45.7 Å². The fourth-order valence-corrected chi connectivity index (χ4v) is 6.01. The lowest BCUT2D eigenvalue weighted by Gasteiger charge is -2.51. The van der Waals surface area contributed by atoms with Crippen molar-refractivity contribution in [3.8, 4) is 0 Å². The molecular formula is C31H36N4O9. The minimum absolute atomic E-state index is 0.0262. The number of benzene rings is 2. The van der Waals surface area contributed by atoms with E-state index in [1.54, 1.807) is 46.8 Å². The van der Waals surface area contributed by atoms with Gasteiger partial charge in [-0.15, -0.1) is 0 Å². The highest BCUT2D eigenvalue weighted by atomic mass is 16.8. The summed E-state index contributed by atoms with van der Waals surface area (Å²) in [5.74, 6) is -2.09. The summed E-state index contributed by atoms with van der Waals surface area (Å²) in [6.45, 7) is 8.44. The van der Waals surface area contributed by atoms with E-state index in [1.165, 1.54) is 5.01 Å². The van der Waals surface area contributed by atoms with Crippen molar-refractivity contribution in [3.05, 3.63) is 71.8 Å². The molecule has 234 valence electrons. The Morgan fingerprint density at radius 3 is 2.14 bits per heavy atom. The van der Waals surface area contributed by atoms with E-state index in [0.717, 1.165) is 21.2 Å². The number of hydrogen-bond acceptors (Lipinski definition) is 9. The predicted octanol–water partition coefficient (Wildman–Crippen LogP) is 2.89. The minimum Gasteiger partial charge on any atom is -0.443 e. The Bertz CT molecular complexity index is 1430. The van der Waals surface area contributed by atoms with Gasteiger partial charge >= 0.3 is 12.2 Å². The zero-order valence-electron chi connectivity index (χ0n) is 25.2. The molecule has 7 rings (SSSR count). The second-order valence-corrected chi connectivity index (χ2v) is 12.6. The third kappa shape index (κ3) is 5.58. The van der Waals surface area contributed by atoms with Gasteiger partial charge in [0.15, 0.2) is 5.79 Å². The Hall–Kier alpha value is -4.20. The number of ether oxygens (including phenoxy) is 4. The maximum Gasteiger partial charge on any atom is 0.434 e. The van der Waals surface area contributed by atoms with Crippen molar-refractivity contribution in [2.75, 3.05) is 0 Å². The average Bonchev–Trinajstić information content (AvgIpc) is 3.18. The maximum atomic E-state index is 13.8. The Labute approximate surface area is 254 Å². The summed E-state index contributed by atoms with van der Waals surface area (Å²) in [5.41, 5.74) is 0.588. The third-order valence-electron chi connectivity index (χ3n) is 7.70. The largest absolute Gasteiger partial charge is 0.443 e. The van der Waals surface area contributed by atoms with E-state index in [0.29, 0.717) is 0 Å². The van der Waals surface area contributed by atoms with Crippen LogP contribution in [-0.4, -0.2) is 87.0 Å². The number of amides is 4. The molecule has 1 N–H and O–H groups in total. The Morgan fingerprint density at radius 2 is 1.50 bits per heavy atom. The molecule has 6 atom stereocenters. The molecule has 44 heavy (non-hydrogen) atoms. The van der Waals surface area contributed by atoms with Crippen molar-refractivity contribution in [3.63, 3.8) is 0 Å². The first kappa shape index (κ1) is 29.9. The van der Waals surface area contributed by atoms with Crippen molar-refractivity contribution in [1.82, 2.24) is 20.4 Å². The molecule has 13 nitrogen and oxygen atoms in total. The normalized spacial score (nSPS) is 28.4. The van der Waals surface area contributed by atoms with Crippen LogP contribution in [0.5, 0.6) is 0 Å². The first-order valence-corrected chi connectivity index (χ1v) is 14.5. The van der Waals surface area contributed by atoms with E-state index in [-0.39, 0.29) is 13.0 Å². The molecular weight excluding hydrogens is 572 g/mol. The quantitative estimate of drug-likeness (QED) is 0.508. The molecule has 0 spiro atoms.